The molecule has 9 nitrogen and oxygen atoms in total. The molecular weight excluding hydrogens is 514 g/mol. The Hall–Kier alpha value is -3.77. The molecule has 7 rings (SSSR count). The van der Waals surface area contributed by atoms with Crippen LogP contribution in [0.25, 0.3) is 22.2 Å². The number of imidazole rings is 1. The van der Waals surface area contributed by atoms with Crippen LogP contribution in [0.15, 0.2) is 48.8 Å². The number of hydrogen-bond donors (Lipinski definition) is 1. The molecule has 0 radical (unpaired) electrons. The Labute approximate surface area is 219 Å². The van der Waals surface area contributed by atoms with Crippen molar-refractivity contribution in [2.45, 2.75) is 25.1 Å². The summed E-state index contributed by atoms with van der Waals surface area (Å²) in [5, 5.41) is 3.00. The molecule has 5 heterocycles. The van der Waals surface area contributed by atoms with Crippen molar-refractivity contribution in [3.05, 3.63) is 65.7 Å². The third-order valence-corrected chi connectivity index (χ3v) is 8.67. The quantitative estimate of drug-likeness (QED) is 0.398. The van der Waals surface area contributed by atoms with E-state index in [1.165, 1.54) is 6.07 Å². The molecule has 3 aliphatic rings. The van der Waals surface area contributed by atoms with E-state index in [1.807, 2.05) is 27.7 Å². The standard InChI is InChI=1S/C26H22F2N6O3S/c27-25(28)37-21-3-1-2-16-22(21)20-11-18(32-24(16)35)23-31-17-5-4-14(10-19(17)34(20)23)15-12-29-26(30-13-15)33-6-8-38(36)9-7-33/h1-5,10,12-13,18,20,25H,6-9,11H2,(H,32,35)/t18-,20-/m1/s1. The number of carbonyl (C=O) groups excluding carboxylic acids is 1. The number of halogens is 2. The average Bonchev–Trinajstić information content (AvgIpc) is 3.41. The minimum absolute atomic E-state index is 0.00492. The van der Waals surface area contributed by atoms with Gasteiger partial charge in [-0.1, -0.05) is 23.3 Å². The van der Waals surface area contributed by atoms with E-state index in [9.17, 15) is 18.1 Å². The van der Waals surface area contributed by atoms with Crippen LogP contribution in [0.1, 0.15) is 40.3 Å². The molecule has 4 aromatic rings. The number of nitrogens with zero attached hydrogens (tertiary/aromatic N) is 5. The average molecular weight is 537 g/mol. The second-order valence-corrected chi connectivity index (χ2v) is 11.2. The summed E-state index contributed by atoms with van der Waals surface area (Å²) in [5.74, 6) is 2.19. The molecule has 1 amide bonds. The Morgan fingerprint density at radius 3 is 2.66 bits per heavy atom. The third-order valence-electron chi connectivity index (χ3n) is 7.40. The first kappa shape index (κ1) is 23.4. The molecule has 2 aromatic carbocycles. The fourth-order valence-corrected chi connectivity index (χ4v) is 6.71. The Kier molecular flexibility index (Phi) is 5.48. The normalized spacial score (nSPS) is 20.8. The molecule has 3 aliphatic heterocycles. The maximum Gasteiger partial charge on any atom is 0.387 e. The molecule has 2 aromatic heterocycles. The number of benzene rings is 2. The monoisotopic (exact) mass is 536 g/mol. The predicted molar refractivity (Wildman–Crippen MR) is 137 cm³/mol. The van der Waals surface area contributed by atoms with Gasteiger partial charge in [0.05, 0.1) is 36.2 Å². The molecular formula is C26H22F2N6O3S. The number of anilines is 1. The number of aromatic nitrogens is 4. The Morgan fingerprint density at radius 2 is 1.89 bits per heavy atom. The van der Waals surface area contributed by atoms with Gasteiger partial charge in [-0.3, -0.25) is 4.79 Å². The highest BCUT2D eigenvalue weighted by Gasteiger charge is 2.42. The van der Waals surface area contributed by atoms with Gasteiger partial charge in [0, 0.05) is 29.1 Å². The van der Waals surface area contributed by atoms with Gasteiger partial charge in [0.25, 0.3) is 5.91 Å². The van der Waals surface area contributed by atoms with Gasteiger partial charge in [0.2, 0.25) is 5.95 Å². The number of fused-ring (bicyclic) bond motifs is 9. The Bertz CT molecular complexity index is 1550. The second kappa shape index (κ2) is 8.91. The third kappa shape index (κ3) is 3.78. The summed E-state index contributed by atoms with van der Waals surface area (Å²) in [7, 11) is 0. The number of amides is 1. The van der Waals surface area contributed by atoms with Gasteiger partial charge in [0.1, 0.15) is 23.1 Å². The first-order valence-electron chi connectivity index (χ1n) is 12.3. The van der Waals surface area contributed by atoms with Crippen molar-refractivity contribution in [2.75, 3.05) is 29.5 Å². The molecule has 1 N–H and O–H groups in total. The van der Waals surface area contributed by atoms with Crippen molar-refractivity contribution in [1.29, 1.82) is 0 Å². The van der Waals surface area contributed by atoms with E-state index in [1.54, 1.807) is 24.5 Å². The van der Waals surface area contributed by atoms with Crippen LogP contribution in [0, 0.1) is 0 Å². The molecule has 2 atom stereocenters. The number of carbonyl (C=O) groups is 1. The molecule has 1 saturated heterocycles. The largest absolute Gasteiger partial charge is 0.616 e. The number of hydrogen-bond acceptors (Lipinski definition) is 7. The number of alkyl halides is 2. The topological polar surface area (TPSA) is 108 Å². The number of rotatable bonds is 4. The van der Waals surface area contributed by atoms with Gasteiger partial charge in [-0.15, -0.1) is 0 Å². The minimum atomic E-state index is -3.01. The molecule has 194 valence electrons. The van der Waals surface area contributed by atoms with Gasteiger partial charge in [0.15, 0.2) is 0 Å². The van der Waals surface area contributed by atoms with Crippen LogP contribution in [-0.2, 0) is 11.2 Å². The van der Waals surface area contributed by atoms with E-state index in [2.05, 4.69) is 15.3 Å². The van der Waals surface area contributed by atoms with Gasteiger partial charge in [-0.25, -0.2) is 15.0 Å². The maximum atomic E-state index is 13.3. The highest BCUT2D eigenvalue weighted by molar-refractivity contribution is 7.91. The van der Waals surface area contributed by atoms with Gasteiger partial charge in [-0.05, 0) is 36.2 Å². The molecule has 2 bridgehead atoms. The first-order valence-corrected chi connectivity index (χ1v) is 13.8. The summed E-state index contributed by atoms with van der Waals surface area (Å²) in [6, 6.07) is 9.73. The SMILES string of the molecule is O=C1N[C@@H]2C[C@H](c3c(OC(F)F)cccc31)n1c2nc2ccc(-c3cnc(N4CC[S+]([O-])CC4)nc3)cc21. The van der Waals surface area contributed by atoms with E-state index in [-0.39, 0.29) is 17.7 Å². The van der Waals surface area contributed by atoms with Crippen LogP contribution in [0.5, 0.6) is 5.75 Å². The zero-order valence-corrected chi connectivity index (χ0v) is 20.8. The van der Waals surface area contributed by atoms with Gasteiger partial charge in [-0.2, -0.15) is 8.78 Å². The zero-order valence-electron chi connectivity index (χ0n) is 20.0. The van der Waals surface area contributed by atoms with Crippen LogP contribution < -0.4 is 15.0 Å². The smallest absolute Gasteiger partial charge is 0.387 e. The minimum Gasteiger partial charge on any atom is -0.616 e. The second-order valence-electron chi connectivity index (χ2n) is 9.52. The number of nitrogens with one attached hydrogen (secondary N) is 1. The maximum absolute atomic E-state index is 13.3. The van der Waals surface area contributed by atoms with Crippen LogP contribution in [-0.4, -0.2) is 61.2 Å². The van der Waals surface area contributed by atoms with E-state index < -0.39 is 23.8 Å². The van der Waals surface area contributed by atoms with Crippen LogP contribution >= 0.6 is 0 Å². The lowest BCUT2D eigenvalue weighted by Crippen LogP contribution is -2.41. The highest BCUT2D eigenvalue weighted by atomic mass is 32.2. The molecule has 0 spiro atoms. The van der Waals surface area contributed by atoms with Crippen molar-refractivity contribution in [1.82, 2.24) is 24.8 Å². The first-order chi connectivity index (χ1) is 18.5. The Morgan fingerprint density at radius 1 is 1.11 bits per heavy atom. The molecule has 0 aliphatic carbocycles. The summed E-state index contributed by atoms with van der Waals surface area (Å²) in [4.78, 5) is 28.8. The Balaban J connectivity index is 1.29. The lowest BCUT2D eigenvalue weighted by atomic mass is 9.97. The summed E-state index contributed by atoms with van der Waals surface area (Å²) >= 11 is -0.776. The highest BCUT2D eigenvalue weighted by Crippen LogP contribution is 2.47. The molecule has 0 unspecified atom stereocenters. The van der Waals surface area contributed by atoms with Gasteiger partial charge < -0.3 is 24.1 Å². The lowest BCUT2D eigenvalue weighted by molar-refractivity contribution is -0.0507. The molecule has 1 fully saturated rings. The van der Waals surface area contributed by atoms with E-state index >= 15 is 0 Å². The van der Waals surface area contributed by atoms with Crippen molar-refractivity contribution in [2.24, 2.45) is 0 Å². The van der Waals surface area contributed by atoms with E-state index in [0.717, 1.165) is 22.2 Å². The molecule has 12 heteroatoms. The predicted octanol–water partition coefficient (Wildman–Crippen LogP) is 3.44. The summed E-state index contributed by atoms with van der Waals surface area (Å²) < 4.78 is 45.0. The van der Waals surface area contributed by atoms with Crippen molar-refractivity contribution in [3.8, 4) is 16.9 Å². The molecule has 0 saturated carbocycles. The fraction of sp³-hybridized carbons (Fsp3) is 0.308. The van der Waals surface area contributed by atoms with Crippen molar-refractivity contribution < 1.29 is 22.9 Å². The summed E-state index contributed by atoms with van der Waals surface area (Å²) in [6.07, 6.45) is 4.02. The summed E-state index contributed by atoms with van der Waals surface area (Å²) in [6.45, 7) is -1.68. The lowest BCUT2D eigenvalue weighted by Gasteiger charge is -2.27. The van der Waals surface area contributed by atoms with Crippen molar-refractivity contribution >= 4 is 34.1 Å². The van der Waals surface area contributed by atoms with Gasteiger partial charge >= 0.3 is 6.61 Å². The summed E-state index contributed by atoms with van der Waals surface area (Å²) in [5.41, 5.74) is 4.02. The van der Waals surface area contributed by atoms with E-state index in [0.29, 0.717) is 53.9 Å². The van der Waals surface area contributed by atoms with Crippen LogP contribution in [0.2, 0.25) is 0 Å². The molecule has 38 heavy (non-hydrogen) atoms. The zero-order chi connectivity index (χ0) is 26.0. The number of ether oxygens (including phenoxy) is 1. The van der Waals surface area contributed by atoms with Crippen LogP contribution in [0.3, 0.4) is 0 Å². The van der Waals surface area contributed by atoms with Crippen LogP contribution in [0.4, 0.5) is 14.7 Å². The van der Waals surface area contributed by atoms with Crippen molar-refractivity contribution in [3.63, 3.8) is 0 Å². The van der Waals surface area contributed by atoms with E-state index in [4.69, 9.17) is 9.72 Å². The fourth-order valence-electron chi connectivity index (χ4n) is 5.66.